The van der Waals surface area contributed by atoms with Gasteiger partial charge in [-0.15, -0.1) is 0 Å². The highest BCUT2D eigenvalue weighted by Gasteiger charge is 2.39. The number of rotatable bonds is 6. The number of phenolic OH excluding ortho intramolecular Hbond substituents is 1. The number of aromatic hydroxyl groups is 1. The number of phenols is 1. The molecule has 11 heteroatoms. The molecule has 1 aliphatic rings. The Morgan fingerprint density at radius 3 is 2.73 bits per heavy atom. The van der Waals surface area contributed by atoms with Crippen LogP contribution in [0.4, 0.5) is 11.5 Å². The fourth-order valence-electron chi connectivity index (χ4n) is 3.00. The van der Waals surface area contributed by atoms with Crippen molar-refractivity contribution in [3.63, 3.8) is 0 Å². The Bertz CT molecular complexity index is 1010. The van der Waals surface area contributed by atoms with E-state index < -0.39 is 36.1 Å². The summed E-state index contributed by atoms with van der Waals surface area (Å²) >= 11 is 3.35. The monoisotopic (exact) mass is 481 g/mol. The zero-order chi connectivity index (χ0) is 21.8. The summed E-state index contributed by atoms with van der Waals surface area (Å²) in [5.41, 5.74) is -0.229. The molecule has 0 bridgehead atoms. The Hall–Kier alpha value is -2.92. The molecule has 2 aromatic rings. The van der Waals surface area contributed by atoms with Crippen LogP contribution in [0.1, 0.15) is 26.5 Å². The van der Waals surface area contributed by atoms with Gasteiger partial charge in [0.2, 0.25) is 0 Å². The first-order chi connectivity index (χ1) is 14.2. The molecule has 3 rings (SSSR count). The molecule has 30 heavy (non-hydrogen) atoms. The lowest BCUT2D eigenvalue weighted by atomic mass is 10.2. The molecule has 0 amide bonds. The van der Waals surface area contributed by atoms with E-state index in [1.807, 2.05) is 0 Å². The average molecular weight is 482 g/mol. The van der Waals surface area contributed by atoms with E-state index in [-0.39, 0.29) is 24.6 Å². The van der Waals surface area contributed by atoms with Gasteiger partial charge in [0, 0.05) is 26.5 Å². The second-order valence-electron chi connectivity index (χ2n) is 6.58. The van der Waals surface area contributed by atoms with Crippen molar-refractivity contribution in [2.45, 2.75) is 38.7 Å². The second kappa shape index (κ2) is 9.26. The first kappa shape index (κ1) is 21.8. The van der Waals surface area contributed by atoms with E-state index in [4.69, 9.17) is 14.2 Å². The van der Waals surface area contributed by atoms with Gasteiger partial charge >= 0.3 is 17.6 Å². The van der Waals surface area contributed by atoms with Crippen LogP contribution in [0.3, 0.4) is 0 Å². The van der Waals surface area contributed by atoms with Crippen molar-refractivity contribution < 1.29 is 28.9 Å². The number of nitrogens with one attached hydrogen (secondary N) is 1. The van der Waals surface area contributed by atoms with Gasteiger partial charge in [-0.05, 0) is 28.1 Å². The van der Waals surface area contributed by atoms with Crippen molar-refractivity contribution in [2.75, 3.05) is 11.9 Å². The number of aromatic nitrogens is 2. The second-order valence-corrected chi connectivity index (χ2v) is 7.44. The first-order valence-corrected chi connectivity index (χ1v) is 9.83. The molecule has 1 aromatic carbocycles. The van der Waals surface area contributed by atoms with Gasteiger partial charge in [-0.2, -0.15) is 4.98 Å². The van der Waals surface area contributed by atoms with Crippen LogP contribution >= 0.6 is 15.9 Å². The van der Waals surface area contributed by atoms with Crippen LogP contribution < -0.4 is 11.0 Å². The molecule has 2 heterocycles. The molecule has 3 atom stereocenters. The van der Waals surface area contributed by atoms with Gasteiger partial charge in [0.15, 0.2) is 5.82 Å². The minimum absolute atomic E-state index is 0.00652. The number of halogens is 1. The summed E-state index contributed by atoms with van der Waals surface area (Å²) < 4.78 is 17.7. The third kappa shape index (κ3) is 5.16. The first-order valence-electron chi connectivity index (χ1n) is 9.04. The predicted molar refractivity (Wildman–Crippen MR) is 108 cm³/mol. The molecule has 0 aliphatic carbocycles. The minimum Gasteiger partial charge on any atom is -0.506 e. The quantitative estimate of drug-likeness (QED) is 0.471. The van der Waals surface area contributed by atoms with Gasteiger partial charge in [-0.3, -0.25) is 14.2 Å². The van der Waals surface area contributed by atoms with E-state index in [1.165, 1.54) is 30.7 Å². The summed E-state index contributed by atoms with van der Waals surface area (Å²) in [4.78, 5) is 39.1. The number of carbonyl (C=O) groups is 2. The molecule has 0 radical (unpaired) electrons. The number of hydrogen-bond acceptors (Lipinski definition) is 9. The van der Waals surface area contributed by atoms with E-state index in [0.717, 1.165) is 0 Å². The van der Waals surface area contributed by atoms with E-state index in [2.05, 4.69) is 26.2 Å². The van der Waals surface area contributed by atoms with Crippen molar-refractivity contribution in [1.82, 2.24) is 9.55 Å². The Kier molecular flexibility index (Phi) is 6.73. The molecule has 1 saturated heterocycles. The SMILES string of the molecule is CC(=O)OC[C@H]1O[C@@H](n2cc(Br)c(Nc3ccccc3O)nc2=O)C[C@@H]1OC(C)=O. The topological polar surface area (TPSA) is 129 Å². The van der Waals surface area contributed by atoms with Crippen molar-refractivity contribution in [2.24, 2.45) is 0 Å². The van der Waals surface area contributed by atoms with Crippen LogP contribution in [0.25, 0.3) is 0 Å². The maximum atomic E-state index is 12.6. The van der Waals surface area contributed by atoms with Crippen LogP contribution in [0.2, 0.25) is 0 Å². The van der Waals surface area contributed by atoms with Gasteiger partial charge < -0.3 is 24.6 Å². The molecule has 2 N–H and O–H groups in total. The maximum absolute atomic E-state index is 12.6. The van der Waals surface area contributed by atoms with Gasteiger partial charge in [-0.25, -0.2) is 4.79 Å². The van der Waals surface area contributed by atoms with E-state index >= 15 is 0 Å². The third-order valence-electron chi connectivity index (χ3n) is 4.32. The number of carbonyl (C=O) groups excluding carboxylic acids is 2. The Labute approximate surface area is 179 Å². The minimum atomic E-state index is -0.773. The van der Waals surface area contributed by atoms with Crippen LogP contribution in [0, 0.1) is 0 Å². The Balaban J connectivity index is 1.82. The molecule has 1 aromatic heterocycles. The lowest BCUT2D eigenvalue weighted by molar-refractivity contribution is -0.155. The number of anilines is 2. The smallest absolute Gasteiger partial charge is 0.351 e. The molecular weight excluding hydrogens is 462 g/mol. The van der Waals surface area contributed by atoms with E-state index in [9.17, 15) is 19.5 Å². The van der Waals surface area contributed by atoms with Crippen LogP contribution in [-0.2, 0) is 23.8 Å². The van der Waals surface area contributed by atoms with Crippen molar-refractivity contribution >= 4 is 39.4 Å². The fourth-order valence-corrected chi connectivity index (χ4v) is 3.41. The largest absolute Gasteiger partial charge is 0.506 e. The third-order valence-corrected chi connectivity index (χ3v) is 4.90. The molecule has 160 valence electrons. The van der Waals surface area contributed by atoms with Gasteiger partial charge in [0.05, 0.1) is 10.2 Å². The van der Waals surface area contributed by atoms with E-state index in [0.29, 0.717) is 10.2 Å². The highest BCUT2D eigenvalue weighted by atomic mass is 79.9. The summed E-state index contributed by atoms with van der Waals surface area (Å²) in [7, 11) is 0. The number of benzene rings is 1. The lowest BCUT2D eigenvalue weighted by Crippen LogP contribution is -2.31. The normalized spacial score (nSPS) is 20.6. The molecule has 10 nitrogen and oxygen atoms in total. The lowest BCUT2D eigenvalue weighted by Gasteiger charge is -2.18. The zero-order valence-electron chi connectivity index (χ0n) is 16.2. The highest BCUT2D eigenvalue weighted by molar-refractivity contribution is 9.10. The highest BCUT2D eigenvalue weighted by Crippen LogP contribution is 2.33. The van der Waals surface area contributed by atoms with Crippen molar-refractivity contribution in [3.8, 4) is 5.75 Å². The van der Waals surface area contributed by atoms with E-state index in [1.54, 1.807) is 18.2 Å². The summed E-state index contributed by atoms with van der Waals surface area (Å²) in [6, 6.07) is 6.53. The summed E-state index contributed by atoms with van der Waals surface area (Å²) in [5, 5.41) is 12.8. The molecule has 1 aliphatic heterocycles. The Morgan fingerprint density at radius 1 is 1.33 bits per heavy atom. The number of esters is 2. The molecular formula is C19H20BrN3O7. The summed E-state index contributed by atoms with van der Waals surface area (Å²) in [5.74, 6) is -0.786. The average Bonchev–Trinajstić information content (AvgIpc) is 3.06. The van der Waals surface area contributed by atoms with Gasteiger partial charge in [0.25, 0.3) is 0 Å². The van der Waals surface area contributed by atoms with Crippen LogP contribution in [0.15, 0.2) is 39.7 Å². The number of hydrogen-bond donors (Lipinski definition) is 2. The number of para-hydroxylation sites is 2. The van der Waals surface area contributed by atoms with Crippen LogP contribution in [-0.4, -0.2) is 45.4 Å². The maximum Gasteiger partial charge on any atom is 0.351 e. The standard InChI is InChI=1S/C19H20BrN3O7/c1-10(24)28-9-16-15(29-11(2)25)7-17(30-16)23-8-12(20)18(22-19(23)27)21-13-5-3-4-6-14(13)26/h3-6,8,15-17,26H,7,9H2,1-2H3,(H,21,22,27)/t15-,16+,17+/m0/s1. The van der Waals surface area contributed by atoms with Gasteiger partial charge in [-0.1, -0.05) is 12.1 Å². The number of ether oxygens (including phenoxy) is 3. The van der Waals surface area contributed by atoms with Crippen molar-refractivity contribution in [1.29, 1.82) is 0 Å². The zero-order valence-corrected chi connectivity index (χ0v) is 17.8. The summed E-state index contributed by atoms with van der Waals surface area (Å²) in [6.07, 6.45) is -0.498. The number of nitrogens with zero attached hydrogens (tertiary/aromatic N) is 2. The predicted octanol–water partition coefficient (Wildman–Crippen LogP) is 2.24. The molecule has 0 spiro atoms. The Morgan fingerprint density at radius 2 is 2.07 bits per heavy atom. The molecule has 0 saturated carbocycles. The van der Waals surface area contributed by atoms with Crippen LogP contribution in [0.5, 0.6) is 5.75 Å². The van der Waals surface area contributed by atoms with Crippen molar-refractivity contribution in [3.05, 3.63) is 45.4 Å². The summed E-state index contributed by atoms with van der Waals surface area (Å²) in [6.45, 7) is 2.41. The fraction of sp³-hybridized carbons (Fsp3) is 0.368. The van der Waals surface area contributed by atoms with Gasteiger partial charge in [0.1, 0.15) is 30.8 Å². The molecule has 1 fully saturated rings. The molecule has 0 unspecified atom stereocenters.